The van der Waals surface area contributed by atoms with Crippen LogP contribution in [0.25, 0.3) is 0 Å². The molecule has 0 aromatic heterocycles. The van der Waals surface area contributed by atoms with E-state index in [2.05, 4.69) is 11.2 Å². The molecule has 0 saturated heterocycles. The van der Waals surface area contributed by atoms with E-state index in [1.54, 1.807) is 13.1 Å². The maximum absolute atomic E-state index is 10.6. The van der Waals surface area contributed by atoms with E-state index in [1.165, 1.54) is 12.1 Å². The van der Waals surface area contributed by atoms with Crippen molar-refractivity contribution in [3.8, 4) is 18.1 Å². The number of hydrogen-bond acceptors (Lipinski definition) is 4. The molecule has 0 amide bonds. The molecular formula is C11H12N2O3. The lowest BCUT2D eigenvalue weighted by Gasteiger charge is -2.06. The minimum atomic E-state index is -0.463. The standard InChI is InChI=1S/C11H12N2O3/c1-3-4-5-16-11-7-9(12-2)6-10(8-11)13(14)15/h1,6-8,12H,4-5H2,2H3. The van der Waals surface area contributed by atoms with Crippen molar-refractivity contribution < 1.29 is 9.66 Å². The van der Waals surface area contributed by atoms with E-state index in [4.69, 9.17) is 11.2 Å². The number of hydrogen-bond donors (Lipinski definition) is 1. The highest BCUT2D eigenvalue weighted by atomic mass is 16.6. The van der Waals surface area contributed by atoms with Crippen LogP contribution < -0.4 is 10.1 Å². The molecule has 0 spiro atoms. The molecule has 1 aromatic rings. The SMILES string of the molecule is C#CCCOc1cc(NC)cc([N+](=O)[O-])c1. The average molecular weight is 220 g/mol. The van der Waals surface area contributed by atoms with Gasteiger partial charge in [-0.2, -0.15) is 0 Å². The molecule has 0 heterocycles. The Balaban J connectivity index is 2.87. The number of anilines is 1. The van der Waals surface area contributed by atoms with Gasteiger partial charge in [-0.15, -0.1) is 12.3 Å². The van der Waals surface area contributed by atoms with Crippen LogP contribution in [0.1, 0.15) is 6.42 Å². The molecule has 0 saturated carbocycles. The molecule has 1 rings (SSSR count). The van der Waals surface area contributed by atoms with Crippen molar-refractivity contribution in [2.75, 3.05) is 19.0 Å². The van der Waals surface area contributed by atoms with E-state index in [0.717, 1.165) is 0 Å². The average Bonchev–Trinajstić information content (AvgIpc) is 2.29. The summed E-state index contributed by atoms with van der Waals surface area (Å²) in [7, 11) is 1.68. The lowest BCUT2D eigenvalue weighted by molar-refractivity contribution is -0.384. The monoisotopic (exact) mass is 220 g/mol. The normalized spacial score (nSPS) is 9.25. The molecule has 5 nitrogen and oxygen atoms in total. The molecule has 16 heavy (non-hydrogen) atoms. The molecule has 84 valence electrons. The fraction of sp³-hybridized carbons (Fsp3) is 0.273. The van der Waals surface area contributed by atoms with Gasteiger partial charge in [0.15, 0.2) is 0 Å². The summed E-state index contributed by atoms with van der Waals surface area (Å²) in [4.78, 5) is 10.2. The van der Waals surface area contributed by atoms with Gasteiger partial charge in [0.05, 0.1) is 17.6 Å². The molecule has 0 radical (unpaired) electrons. The summed E-state index contributed by atoms with van der Waals surface area (Å²) in [6, 6.07) is 4.49. The second-order valence-electron chi connectivity index (χ2n) is 3.03. The van der Waals surface area contributed by atoms with Crippen LogP contribution in [0.2, 0.25) is 0 Å². The van der Waals surface area contributed by atoms with Gasteiger partial charge in [-0.1, -0.05) is 0 Å². The second kappa shape index (κ2) is 5.61. The second-order valence-corrected chi connectivity index (χ2v) is 3.03. The van der Waals surface area contributed by atoms with E-state index in [9.17, 15) is 10.1 Å². The van der Waals surface area contributed by atoms with Gasteiger partial charge in [0.1, 0.15) is 5.75 Å². The molecule has 0 aliphatic heterocycles. The zero-order valence-electron chi connectivity index (χ0n) is 8.90. The molecule has 0 fully saturated rings. The van der Waals surface area contributed by atoms with Gasteiger partial charge in [0.2, 0.25) is 0 Å². The quantitative estimate of drug-likeness (QED) is 0.357. The predicted molar refractivity (Wildman–Crippen MR) is 61.6 cm³/mol. The summed E-state index contributed by atoms with van der Waals surface area (Å²) in [5.74, 6) is 2.87. The molecule has 1 aromatic carbocycles. The van der Waals surface area contributed by atoms with Crippen molar-refractivity contribution in [3.05, 3.63) is 28.3 Å². The van der Waals surface area contributed by atoms with Crippen molar-refractivity contribution in [2.45, 2.75) is 6.42 Å². The summed E-state index contributed by atoms with van der Waals surface area (Å²) in [5, 5.41) is 13.5. The third-order valence-corrected chi connectivity index (χ3v) is 1.91. The first kappa shape index (κ1) is 11.9. The number of ether oxygens (including phenoxy) is 1. The minimum Gasteiger partial charge on any atom is -0.492 e. The molecule has 0 aliphatic carbocycles. The predicted octanol–water partition coefficient (Wildman–Crippen LogP) is 2.04. The minimum absolute atomic E-state index is 0.0115. The van der Waals surface area contributed by atoms with Crippen LogP contribution in [0.3, 0.4) is 0 Å². The Morgan fingerprint density at radius 2 is 2.31 bits per heavy atom. The number of terminal acetylenes is 1. The number of nitrogens with one attached hydrogen (secondary N) is 1. The van der Waals surface area contributed by atoms with Crippen LogP contribution in [0.4, 0.5) is 11.4 Å². The topological polar surface area (TPSA) is 64.4 Å². The van der Waals surface area contributed by atoms with Crippen LogP contribution in [0.5, 0.6) is 5.75 Å². The Labute approximate surface area is 93.6 Å². The van der Waals surface area contributed by atoms with Gasteiger partial charge in [-0.3, -0.25) is 10.1 Å². The molecular weight excluding hydrogens is 208 g/mol. The Kier molecular flexibility index (Phi) is 4.16. The third-order valence-electron chi connectivity index (χ3n) is 1.91. The molecule has 0 bridgehead atoms. The van der Waals surface area contributed by atoms with Gasteiger partial charge in [0.25, 0.3) is 5.69 Å². The Morgan fingerprint density at radius 1 is 1.56 bits per heavy atom. The summed E-state index contributed by atoms with van der Waals surface area (Å²) < 4.78 is 5.29. The molecule has 1 N–H and O–H groups in total. The van der Waals surface area contributed by atoms with Crippen molar-refractivity contribution in [2.24, 2.45) is 0 Å². The Hall–Kier alpha value is -2.22. The first-order chi connectivity index (χ1) is 7.67. The van der Waals surface area contributed by atoms with Crippen LogP contribution in [-0.2, 0) is 0 Å². The molecule has 0 atom stereocenters. The van der Waals surface area contributed by atoms with E-state index < -0.39 is 4.92 Å². The fourth-order valence-electron chi connectivity index (χ4n) is 1.14. The van der Waals surface area contributed by atoms with Gasteiger partial charge >= 0.3 is 0 Å². The van der Waals surface area contributed by atoms with Crippen molar-refractivity contribution >= 4 is 11.4 Å². The molecule has 0 aliphatic rings. The van der Waals surface area contributed by atoms with Crippen molar-refractivity contribution in [3.63, 3.8) is 0 Å². The summed E-state index contributed by atoms with van der Waals surface area (Å²) in [6.07, 6.45) is 5.55. The molecule has 0 unspecified atom stereocenters. The lowest BCUT2D eigenvalue weighted by Crippen LogP contribution is -1.98. The van der Waals surface area contributed by atoms with Crippen molar-refractivity contribution in [1.29, 1.82) is 0 Å². The van der Waals surface area contributed by atoms with Crippen LogP contribution in [0.15, 0.2) is 18.2 Å². The maximum Gasteiger partial charge on any atom is 0.275 e. The first-order valence-electron chi connectivity index (χ1n) is 4.71. The highest BCUT2D eigenvalue weighted by Gasteiger charge is 2.09. The highest BCUT2D eigenvalue weighted by Crippen LogP contribution is 2.25. The van der Waals surface area contributed by atoms with Crippen molar-refractivity contribution in [1.82, 2.24) is 0 Å². The number of rotatable bonds is 5. The van der Waals surface area contributed by atoms with Gasteiger partial charge in [-0.25, -0.2) is 0 Å². The number of non-ortho nitro benzene ring substituents is 1. The van der Waals surface area contributed by atoms with Gasteiger partial charge in [-0.05, 0) is 0 Å². The summed E-state index contributed by atoms with van der Waals surface area (Å²) >= 11 is 0. The zero-order chi connectivity index (χ0) is 12.0. The Bertz CT molecular complexity index is 424. The fourth-order valence-corrected chi connectivity index (χ4v) is 1.14. The van der Waals surface area contributed by atoms with E-state index in [-0.39, 0.29) is 5.69 Å². The number of nitrogens with zero attached hydrogens (tertiary/aromatic N) is 1. The smallest absolute Gasteiger partial charge is 0.275 e. The largest absolute Gasteiger partial charge is 0.492 e. The maximum atomic E-state index is 10.6. The zero-order valence-corrected chi connectivity index (χ0v) is 8.90. The number of benzene rings is 1. The van der Waals surface area contributed by atoms with E-state index in [0.29, 0.717) is 24.5 Å². The molecule has 5 heteroatoms. The third kappa shape index (κ3) is 3.17. The summed E-state index contributed by atoms with van der Waals surface area (Å²) in [5.41, 5.74) is 0.618. The highest BCUT2D eigenvalue weighted by molar-refractivity contribution is 5.56. The first-order valence-corrected chi connectivity index (χ1v) is 4.71. The van der Waals surface area contributed by atoms with Crippen LogP contribution in [-0.4, -0.2) is 18.6 Å². The number of nitro groups is 1. The van der Waals surface area contributed by atoms with Crippen LogP contribution in [0, 0.1) is 22.5 Å². The summed E-state index contributed by atoms with van der Waals surface area (Å²) in [6.45, 7) is 0.348. The van der Waals surface area contributed by atoms with Gasteiger partial charge < -0.3 is 10.1 Å². The Morgan fingerprint density at radius 3 is 2.88 bits per heavy atom. The number of nitro benzene ring substituents is 1. The van der Waals surface area contributed by atoms with E-state index in [1.807, 2.05) is 0 Å². The van der Waals surface area contributed by atoms with E-state index >= 15 is 0 Å². The van der Waals surface area contributed by atoms with Gasteiger partial charge in [0, 0.05) is 31.3 Å². The lowest BCUT2D eigenvalue weighted by atomic mass is 10.2. The van der Waals surface area contributed by atoms with Crippen LogP contribution >= 0.6 is 0 Å².